The van der Waals surface area contributed by atoms with Crippen LogP contribution in [0, 0.1) is 5.92 Å². The van der Waals surface area contributed by atoms with Gasteiger partial charge in [-0.15, -0.1) is 11.3 Å². The summed E-state index contributed by atoms with van der Waals surface area (Å²) >= 11 is 1.74. The summed E-state index contributed by atoms with van der Waals surface area (Å²) in [5.74, 6) is 0.782. The Bertz CT molecular complexity index is 531. The largest absolute Gasteiger partial charge is 0.348 e. The molecule has 0 amide bonds. The lowest BCUT2D eigenvalue weighted by molar-refractivity contribution is 0.446. The van der Waals surface area contributed by atoms with Gasteiger partial charge in [0, 0.05) is 37.3 Å². The van der Waals surface area contributed by atoms with Crippen LogP contribution < -0.4 is 4.90 Å². The molecular weight excluding hydrogens is 244 g/mol. The number of hydrogen-bond acceptors (Lipinski definition) is 4. The van der Waals surface area contributed by atoms with Crippen molar-refractivity contribution in [1.82, 2.24) is 14.8 Å². The van der Waals surface area contributed by atoms with Gasteiger partial charge in [-0.25, -0.2) is 4.98 Å². The zero-order valence-corrected chi connectivity index (χ0v) is 11.7. The van der Waals surface area contributed by atoms with Crippen molar-refractivity contribution in [3.05, 3.63) is 17.8 Å². The Morgan fingerprint density at radius 2 is 2.33 bits per heavy atom. The summed E-state index contributed by atoms with van der Waals surface area (Å²) in [5.41, 5.74) is 2.14. The maximum atomic E-state index is 4.74. The van der Waals surface area contributed by atoms with E-state index in [9.17, 15) is 0 Å². The molecule has 3 heterocycles. The van der Waals surface area contributed by atoms with Gasteiger partial charge in [-0.3, -0.25) is 4.68 Å². The Labute approximate surface area is 111 Å². The van der Waals surface area contributed by atoms with Crippen molar-refractivity contribution in [3.63, 3.8) is 0 Å². The standard InChI is InChI=1S/C13H18N4S/c1-10-4-3-5-17(7-10)13-15-12(9-18-13)11-6-14-16(2)8-11/h6,8-10H,3-5,7H2,1-2H3. The van der Waals surface area contributed by atoms with Crippen molar-refractivity contribution in [3.8, 4) is 11.3 Å². The van der Waals surface area contributed by atoms with E-state index < -0.39 is 0 Å². The molecule has 2 aromatic heterocycles. The van der Waals surface area contributed by atoms with Crippen LogP contribution in [0.2, 0.25) is 0 Å². The van der Waals surface area contributed by atoms with E-state index in [0.717, 1.165) is 35.4 Å². The van der Waals surface area contributed by atoms with Crippen LogP contribution in [0.5, 0.6) is 0 Å². The average molecular weight is 262 g/mol. The minimum atomic E-state index is 0.782. The summed E-state index contributed by atoms with van der Waals surface area (Å²) in [6.45, 7) is 4.60. The van der Waals surface area contributed by atoms with E-state index in [1.54, 1.807) is 11.3 Å². The predicted octanol–water partition coefficient (Wildman–Crippen LogP) is 2.78. The molecule has 0 aliphatic carbocycles. The SMILES string of the molecule is CC1CCCN(c2nc(-c3cnn(C)c3)cs2)C1. The average Bonchev–Trinajstić information content (AvgIpc) is 2.97. The second kappa shape index (κ2) is 4.72. The van der Waals surface area contributed by atoms with Crippen LogP contribution in [-0.2, 0) is 7.05 Å². The first-order valence-electron chi connectivity index (χ1n) is 6.42. The molecule has 0 bridgehead atoms. The topological polar surface area (TPSA) is 34.0 Å². The lowest BCUT2D eigenvalue weighted by Gasteiger charge is -2.30. The lowest BCUT2D eigenvalue weighted by atomic mass is 10.0. The molecule has 0 radical (unpaired) electrons. The summed E-state index contributed by atoms with van der Waals surface area (Å²) < 4.78 is 1.82. The molecule has 1 atom stereocenters. The normalized spacial score (nSPS) is 20.3. The molecule has 2 aromatic rings. The Balaban J connectivity index is 1.80. The minimum absolute atomic E-state index is 0.782. The molecule has 5 heteroatoms. The van der Waals surface area contributed by atoms with Crippen LogP contribution in [0.1, 0.15) is 19.8 Å². The van der Waals surface area contributed by atoms with E-state index in [4.69, 9.17) is 4.98 Å². The van der Waals surface area contributed by atoms with E-state index in [-0.39, 0.29) is 0 Å². The van der Waals surface area contributed by atoms with Crippen molar-refractivity contribution in [2.75, 3.05) is 18.0 Å². The highest BCUT2D eigenvalue weighted by Crippen LogP contribution is 2.29. The third-order valence-corrected chi connectivity index (χ3v) is 4.32. The van der Waals surface area contributed by atoms with Crippen LogP contribution in [0.3, 0.4) is 0 Å². The first kappa shape index (κ1) is 11.7. The predicted molar refractivity (Wildman–Crippen MR) is 74.9 cm³/mol. The Kier molecular flexibility index (Phi) is 3.07. The van der Waals surface area contributed by atoms with E-state index in [0.29, 0.717) is 0 Å². The van der Waals surface area contributed by atoms with Crippen molar-refractivity contribution in [2.24, 2.45) is 13.0 Å². The molecule has 1 fully saturated rings. The van der Waals surface area contributed by atoms with Crippen LogP contribution in [0.15, 0.2) is 17.8 Å². The summed E-state index contributed by atoms with van der Waals surface area (Å²) in [6, 6.07) is 0. The molecule has 18 heavy (non-hydrogen) atoms. The number of piperidine rings is 1. The second-order valence-corrected chi connectivity index (χ2v) is 5.95. The van der Waals surface area contributed by atoms with Crippen LogP contribution in [0.25, 0.3) is 11.3 Å². The van der Waals surface area contributed by atoms with Crippen molar-refractivity contribution in [1.29, 1.82) is 0 Å². The summed E-state index contributed by atoms with van der Waals surface area (Å²) in [6.07, 6.45) is 6.51. The van der Waals surface area contributed by atoms with Crippen LogP contribution in [0.4, 0.5) is 5.13 Å². The van der Waals surface area contributed by atoms with Crippen molar-refractivity contribution < 1.29 is 0 Å². The zero-order valence-electron chi connectivity index (χ0n) is 10.8. The maximum Gasteiger partial charge on any atom is 0.185 e. The molecule has 0 saturated carbocycles. The highest BCUT2D eigenvalue weighted by atomic mass is 32.1. The fourth-order valence-electron chi connectivity index (χ4n) is 2.46. The monoisotopic (exact) mass is 262 g/mol. The molecule has 0 spiro atoms. The molecule has 0 N–H and O–H groups in total. The highest BCUT2D eigenvalue weighted by Gasteiger charge is 2.19. The molecule has 1 aliphatic rings. The Hall–Kier alpha value is -1.36. The maximum absolute atomic E-state index is 4.74. The number of anilines is 1. The number of nitrogens with zero attached hydrogens (tertiary/aromatic N) is 4. The molecule has 1 unspecified atom stereocenters. The minimum Gasteiger partial charge on any atom is -0.348 e. The van der Waals surface area contributed by atoms with E-state index >= 15 is 0 Å². The first-order chi connectivity index (χ1) is 8.72. The number of thiazole rings is 1. The fraction of sp³-hybridized carbons (Fsp3) is 0.538. The van der Waals surface area contributed by atoms with Crippen molar-refractivity contribution in [2.45, 2.75) is 19.8 Å². The molecular formula is C13H18N4S. The van der Waals surface area contributed by atoms with E-state index in [2.05, 4.69) is 22.3 Å². The molecule has 0 aromatic carbocycles. The van der Waals surface area contributed by atoms with Crippen LogP contribution in [-0.4, -0.2) is 27.9 Å². The third kappa shape index (κ3) is 2.27. The first-order valence-corrected chi connectivity index (χ1v) is 7.30. The van der Waals surface area contributed by atoms with E-state index in [1.165, 1.54) is 12.8 Å². The second-order valence-electron chi connectivity index (χ2n) is 5.11. The fourth-order valence-corrected chi connectivity index (χ4v) is 3.33. The molecule has 3 rings (SSSR count). The number of hydrogen-bond donors (Lipinski definition) is 0. The van der Waals surface area contributed by atoms with Crippen LogP contribution >= 0.6 is 11.3 Å². The van der Waals surface area contributed by atoms with Gasteiger partial charge >= 0.3 is 0 Å². The summed E-state index contributed by atoms with van der Waals surface area (Å²) in [5, 5.41) is 7.48. The van der Waals surface area contributed by atoms with Gasteiger partial charge in [0.15, 0.2) is 5.13 Å². The van der Waals surface area contributed by atoms with Gasteiger partial charge in [0.05, 0.1) is 11.9 Å². The lowest BCUT2D eigenvalue weighted by Crippen LogP contribution is -2.34. The molecule has 96 valence electrons. The van der Waals surface area contributed by atoms with Gasteiger partial charge in [-0.05, 0) is 18.8 Å². The number of rotatable bonds is 2. The smallest absolute Gasteiger partial charge is 0.185 e. The van der Waals surface area contributed by atoms with E-state index in [1.807, 2.05) is 24.1 Å². The van der Waals surface area contributed by atoms with Gasteiger partial charge in [-0.2, -0.15) is 5.10 Å². The third-order valence-electron chi connectivity index (χ3n) is 3.42. The Morgan fingerprint density at radius 3 is 3.06 bits per heavy atom. The van der Waals surface area contributed by atoms with Gasteiger partial charge in [-0.1, -0.05) is 6.92 Å². The quantitative estimate of drug-likeness (QED) is 0.834. The van der Waals surface area contributed by atoms with Gasteiger partial charge in [0.25, 0.3) is 0 Å². The van der Waals surface area contributed by atoms with Gasteiger partial charge in [0.2, 0.25) is 0 Å². The van der Waals surface area contributed by atoms with Crippen molar-refractivity contribution >= 4 is 16.5 Å². The Morgan fingerprint density at radius 1 is 1.44 bits per heavy atom. The molecule has 1 saturated heterocycles. The molecule has 1 aliphatic heterocycles. The summed E-state index contributed by atoms with van der Waals surface area (Å²) in [4.78, 5) is 7.16. The highest BCUT2D eigenvalue weighted by molar-refractivity contribution is 7.14. The van der Waals surface area contributed by atoms with Gasteiger partial charge < -0.3 is 4.90 Å². The van der Waals surface area contributed by atoms with Gasteiger partial charge in [0.1, 0.15) is 0 Å². The molecule has 4 nitrogen and oxygen atoms in total. The number of aromatic nitrogens is 3. The number of aryl methyl sites for hydroxylation is 1. The zero-order chi connectivity index (χ0) is 12.5. The summed E-state index contributed by atoms with van der Waals surface area (Å²) in [7, 11) is 1.93.